The van der Waals surface area contributed by atoms with E-state index in [1.54, 1.807) is 25.3 Å². The van der Waals surface area contributed by atoms with Crippen LogP contribution in [0.5, 0.6) is 0 Å². The lowest BCUT2D eigenvalue weighted by Gasteiger charge is -2.35. The highest BCUT2D eigenvalue weighted by Crippen LogP contribution is 2.29. The Morgan fingerprint density at radius 1 is 1.44 bits per heavy atom. The van der Waals surface area contributed by atoms with E-state index >= 15 is 0 Å². The molecule has 3 amide bonds. The molecule has 0 bridgehead atoms. The normalized spacial score (nSPS) is 20.4. The fourth-order valence-corrected chi connectivity index (χ4v) is 2.84. The van der Waals surface area contributed by atoms with E-state index in [4.69, 9.17) is 4.42 Å². The summed E-state index contributed by atoms with van der Waals surface area (Å²) in [5.41, 5.74) is 0. The molecule has 2 aromatic heterocycles. The molecule has 1 aliphatic rings. The molecule has 10 nitrogen and oxygen atoms in total. The number of nitrogens with one attached hydrogen (secondary N) is 4. The first-order chi connectivity index (χ1) is 12.1. The second kappa shape index (κ2) is 7.77. The van der Waals surface area contributed by atoms with Gasteiger partial charge in [0.15, 0.2) is 5.82 Å². The number of urea groups is 1. The number of carbonyl (C=O) groups excluding carboxylic acids is 2. The van der Waals surface area contributed by atoms with Crippen LogP contribution < -0.4 is 16.0 Å². The first-order valence-electron chi connectivity index (χ1n) is 8.19. The van der Waals surface area contributed by atoms with Crippen LogP contribution in [0.25, 0.3) is 0 Å². The SMILES string of the molecule is CC(NC(=O)NCC(=O)NC1CC(Cc2nn[nH]n2)C1)c1ccco1. The van der Waals surface area contributed by atoms with Gasteiger partial charge in [-0.25, -0.2) is 4.79 Å². The van der Waals surface area contributed by atoms with E-state index in [-0.39, 0.29) is 24.5 Å². The molecule has 1 aliphatic carbocycles. The van der Waals surface area contributed by atoms with Crippen molar-refractivity contribution >= 4 is 11.9 Å². The number of furan rings is 1. The van der Waals surface area contributed by atoms with Crippen molar-refractivity contribution in [1.82, 2.24) is 36.6 Å². The van der Waals surface area contributed by atoms with Gasteiger partial charge >= 0.3 is 6.03 Å². The number of aromatic amines is 1. The lowest BCUT2D eigenvalue weighted by molar-refractivity contribution is -0.121. The number of nitrogens with zero attached hydrogens (tertiary/aromatic N) is 3. The molecule has 3 rings (SSSR count). The smallest absolute Gasteiger partial charge is 0.315 e. The minimum absolute atomic E-state index is 0.0667. The van der Waals surface area contributed by atoms with Crippen LogP contribution in [-0.2, 0) is 11.2 Å². The standard InChI is InChI=1S/C15H21N7O3/c1-9(12-3-2-4-25-12)17-15(24)16-8-14(23)18-11-5-10(6-11)7-13-19-21-22-20-13/h2-4,9-11H,5-8H2,1H3,(H,18,23)(H2,16,17,24)(H,19,20,21,22). The van der Waals surface area contributed by atoms with E-state index in [9.17, 15) is 9.59 Å². The zero-order chi connectivity index (χ0) is 17.6. The highest BCUT2D eigenvalue weighted by molar-refractivity contribution is 5.84. The van der Waals surface area contributed by atoms with Gasteiger partial charge in [-0.3, -0.25) is 4.79 Å². The topological polar surface area (TPSA) is 138 Å². The number of rotatable bonds is 7. The van der Waals surface area contributed by atoms with Crippen molar-refractivity contribution < 1.29 is 14.0 Å². The molecular formula is C15H21N7O3. The Morgan fingerprint density at radius 2 is 2.28 bits per heavy atom. The zero-order valence-electron chi connectivity index (χ0n) is 13.9. The first kappa shape index (κ1) is 16.9. The minimum atomic E-state index is -0.414. The predicted molar refractivity (Wildman–Crippen MR) is 86.2 cm³/mol. The van der Waals surface area contributed by atoms with Crippen molar-refractivity contribution in [2.24, 2.45) is 5.92 Å². The second-order valence-electron chi connectivity index (χ2n) is 6.20. The Hall–Kier alpha value is -2.91. The molecule has 0 saturated heterocycles. The number of H-pyrrole nitrogens is 1. The molecule has 134 valence electrons. The lowest BCUT2D eigenvalue weighted by atomic mass is 9.78. The molecule has 0 aromatic carbocycles. The maximum absolute atomic E-state index is 11.9. The van der Waals surface area contributed by atoms with Gasteiger partial charge in [0.05, 0.1) is 18.8 Å². The highest BCUT2D eigenvalue weighted by Gasteiger charge is 2.31. The van der Waals surface area contributed by atoms with Gasteiger partial charge in [-0.1, -0.05) is 5.21 Å². The number of hydrogen-bond acceptors (Lipinski definition) is 6. The molecule has 0 spiro atoms. The highest BCUT2D eigenvalue weighted by atomic mass is 16.3. The van der Waals surface area contributed by atoms with Crippen molar-refractivity contribution in [2.75, 3.05) is 6.54 Å². The van der Waals surface area contributed by atoms with Crippen LogP contribution in [0.3, 0.4) is 0 Å². The summed E-state index contributed by atoms with van der Waals surface area (Å²) in [6.07, 6.45) is 4.06. The van der Waals surface area contributed by atoms with Gasteiger partial charge in [-0.2, -0.15) is 5.21 Å². The van der Waals surface area contributed by atoms with Crippen molar-refractivity contribution in [3.8, 4) is 0 Å². The molecule has 25 heavy (non-hydrogen) atoms. The summed E-state index contributed by atoms with van der Waals surface area (Å²) in [7, 11) is 0. The number of aromatic nitrogens is 4. The largest absolute Gasteiger partial charge is 0.467 e. The van der Waals surface area contributed by atoms with E-state index in [0.717, 1.165) is 19.3 Å². The van der Waals surface area contributed by atoms with Gasteiger partial charge in [0.1, 0.15) is 5.76 Å². The first-order valence-corrected chi connectivity index (χ1v) is 8.19. The maximum Gasteiger partial charge on any atom is 0.315 e. The van der Waals surface area contributed by atoms with E-state index in [1.165, 1.54) is 0 Å². The third-order valence-corrected chi connectivity index (χ3v) is 4.19. The molecule has 0 aliphatic heterocycles. The Bertz CT molecular complexity index is 680. The van der Waals surface area contributed by atoms with Crippen molar-refractivity contribution in [2.45, 2.75) is 38.3 Å². The fourth-order valence-electron chi connectivity index (χ4n) is 2.84. The van der Waals surface area contributed by atoms with Gasteiger partial charge in [-0.15, -0.1) is 10.2 Å². The van der Waals surface area contributed by atoms with Gasteiger partial charge in [0, 0.05) is 12.5 Å². The van der Waals surface area contributed by atoms with Crippen LogP contribution in [0, 0.1) is 5.92 Å². The summed E-state index contributed by atoms with van der Waals surface area (Å²) in [6.45, 7) is 1.74. The minimum Gasteiger partial charge on any atom is -0.467 e. The van der Waals surface area contributed by atoms with Crippen molar-refractivity contribution in [1.29, 1.82) is 0 Å². The summed E-state index contributed by atoms with van der Waals surface area (Å²) >= 11 is 0. The summed E-state index contributed by atoms with van der Waals surface area (Å²) in [6, 6.07) is 2.98. The Labute approximate surface area is 144 Å². The van der Waals surface area contributed by atoms with Crippen LogP contribution in [0.2, 0.25) is 0 Å². The number of hydrogen-bond donors (Lipinski definition) is 4. The van der Waals surface area contributed by atoms with Crippen LogP contribution in [0.1, 0.15) is 37.4 Å². The average Bonchev–Trinajstić information content (AvgIpc) is 3.24. The molecule has 0 radical (unpaired) electrons. The van der Waals surface area contributed by atoms with Crippen molar-refractivity contribution in [3.05, 3.63) is 30.0 Å². The van der Waals surface area contributed by atoms with Gasteiger partial charge in [-0.05, 0) is 37.8 Å². The molecule has 2 aromatic rings. The molecular weight excluding hydrogens is 326 g/mol. The van der Waals surface area contributed by atoms with Crippen LogP contribution in [-0.4, -0.2) is 45.1 Å². The summed E-state index contributed by atoms with van der Waals surface area (Å²) < 4.78 is 5.21. The average molecular weight is 347 g/mol. The summed E-state index contributed by atoms with van der Waals surface area (Å²) in [5, 5.41) is 21.9. The third kappa shape index (κ3) is 4.78. The van der Waals surface area contributed by atoms with Crippen LogP contribution in [0.4, 0.5) is 4.79 Å². The molecule has 4 N–H and O–H groups in total. The lowest BCUT2D eigenvalue weighted by Crippen LogP contribution is -2.49. The maximum atomic E-state index is 11.9. The number of amides is 3. The van der Waals surface area contributed by atoms with Gasteiger partial charge < -0.3 is 20.4 Å². The molecule has 2 heterocycles. The van der Waals surface area contributed by atoms with Crippen LogP contribution >= 0.6 is 0 Å². The molecule has 10 heteroatoms. The van der Waals surface area contributed by atoms with Gasteiger partial charge in [0.25, 0.3) is 0 Å². The third-order valence-electron chi connectivity index (χ3n) is 4.19. The van der Waals surface area contributed by atoms with E-state index < -0.39 is 6.03 Å². The van der Waals surface area contributed by atoms with Crippen molar-refractivity contribution in [3.63, 3.8) is 0 Å². The molecule has 1 saturated carbocycles. The monoisotopic (exact) mass is 347 g/mol. The zero-order valence-corrected chi connectivity index (χ0v) is 13.9. The molecule has 1 atom stereocenters. The predicted octanol–water partition coefficient (Wildman–Crippen LogP) is 0.290. The summed E-state index contributed by atoms with van der Waals surface area (Å²) in [4.78, 5) is 23.7. The Kier molecular flexibility index (Phi) is 5.26. The fraction of sp³-hybridized carbons (Fsp3) is 0.533. The van der Waals surface area contributed by atoms with Gasteiger partial charge in [0.2, 0.25) is 5.91 Å². The summed E-state index contributed by atoms with van der Waals surface area (Å²) in [5.74, 6) is 1.60. The van der Waals surface area contributed by atoms with E-state index in [0.29, 0.717) is 17.5 Å². The second-order valence-corrected chi connectivity index (χ2v) is 6.20. The van der Waals surface area contributed by atoms with E-state index in [1.807, 2.05) is 0 Å². The molecule has 1 fully saturated rings. The van der Waals surface area contributed by atoms with E-state index in [2.05, 4.69) is 36.6 Å². The number of carbonyl (C=O) groups is 2. The Morgan fingerprint density at radius 3 is 2.96 bits per heavy atom. The molecule has 1 unspecified atom stereocenters. The van der Waals surface area contributed by atoms with Crippen LogP contribution in [0.15, 0.2) is 22.8 Å². The number of tetrazole rings is 1. The Balaban J connectivity index is 1.29. The quantitative estimate of drug-likeness (QED) is 0.568.